The highest BCUT2D eigenvalue weighted by Gasteiger charge is 2.69. The number of Topliss-reactive ketones (excluding diaryl/α,β-unsaturated/α-hetero) is 1. The Hall–Kier alpha value is -3.37. The van der Waals surface area contributed by atoms with E-state index in [9.17, 15) is 24.9 Å². The van der Waals surface area contributed by atoms with Crippen LogP contribution in [0.4, 0.5) is 11.5 Å². The lowest BCUT2D eigenvalue weighted by atomic mass is 9.46. The monoisotopic (exact) mass is 613 g/mol. The topological polar surface area (TPSA) is 155 Å². The quantitative estimate of drug-likeness (QED) is 0.216. The van der Waals surface area contributed by atoms with Crippen molar-refractivity contribution in [1.82, 2.24) is 4.98 Å². The maximum absolute atomic E-state index is 13.7. The molecule has 5 aliphatic carbocycles. The van der Waals surface area contributed by atoms with Crippen LogP contribution in [0.3, 0.4) is 0 Å². The zero-order chi connectivity index (χ0) is 31.8. The number of carbonyl (C=O) groups is 2. The first-order valence-corrected chi connectivity index (χ1v) is 16.2. The minimum atomic E-state index is -1.47. The van der Waals surface area contributed by atoms with Gasteiger partial charge in [0, 0.05) is 34.2 Å². The Morgan fingerprint density at radius 1 is 1.13 bits per heavy atom. The number of aliphatic hydroxyl groups excluding tert-OH is 3. The van der Waals surface area contributed by atoms with Crippen LogP contribution in [0.1, 0.15) is 76.2 Å². The van der Waals surface area contributed by atoms with E-state index < -0.39 is 41.2 Å². The van der Waals surface area contributed by atoms with E-state index in [1.54, 1.807) is 30.5 Å². The standard InChI is InChI=1S/C36H43N3O6/c1-33-13-11-25(41)17-23(33)6-9-26-27-12-14-36(29(43)20-40,34(27,2)18-28(42)31(26)33)45-32(44)21-3-10-30(38-19-21)39-35(15-16-35)22-4-7-24(37)8-5-22/h3-5,7-8,10-11,13,17,19,26-28,31-32,40,42,44H,6,9,12,14-16,18,20,37H2,1-2H3,(H,38,39)/t26-,27?,28-,31?,32+,33-,34-,36-/m0/s1. The normalized spacial score (nSPS) is 36.7. The summed E-state index contributed by atoms with van der Waals surface area (Å²) in [7, 11) is 0. The van der Waals surface area contributed by atoms with E-state index >= 15 is 0 Å². The van der Waals surface area contributed by atoms with Gasteiger partial charge in [-0.2, -0.15) is 0 Å². The van der Waals surface area contributed by atoms with Crippen LogP contribution < -0.4 is 11.1 Å². The SMILES string of the molecule is C[C@]12C=CC(=O)C=C1CC[C@@H]1C2[C@@H](O)C[C@@]2(C)C1CC[C@]2(O[C@@H](O)c1ccc(NC2(c3ccc(N)cc3)CC2)nc1)C(=O)CO. The average molecular weight is 614 g/mol. The highest BCUT2D eigenvalue weighted by atomic mass is 16.6. The van der Waals surface area contributed by atoms with Crippen molar-refractivity contribution in [2.24, 2.45) is 28.6 Å². The van der Waals surface area contributed by atoms with Gasteiger partial charge < -0.3 is 31.1 Å². The first kappa shape index (κ1) is 30.3. The summed E-state index contributed by atoms with van der Waals surface area (Å²) in [6, 6.07) is 11.4. The fraction of sp³-hybridized carbons (Fsp3) is 0.528. The van der Waals surface area contributed by atoms with Gasteiger partial charge in [0.1, 0.15) is 18.0 Å². The Morgan fingerprint density at radius 2 is 1.89 bits per heavy atom. The molecule has 0 saturated heterocycles. The van der Waals surface area contributed by atoms with Crippen molar-refractivity contribution in [2.75, 3.05) is 17.7 Å². The van der Waals surface area contributed by atoms with E-state index in [2.05, 4.69) is 17.2 Å². The summed E-state index contributed by atoms with van der Waals surface area (Å²) in [5.74, 6) is 0.194. The molecule has 238 valence electrons. The number of pyridine rings is 1. The number of allylic oxidation sites excluding steroid dienone is 4. The first-order chi connectivity index (χ1) is 21.4. The summed E-state index contributed by atoms with van der Waals surface area (Å²) in [6.07, 6.45) is 9.43. The number of nitrogens with zero attached hydrogens (tertiary/aromatic N) is 1. The minimum Gasteiger partial charge on any atom is -0.399 e. The molecule has 2 unspecified atom stereocenters. The molecule has 0 radical (unpaired) electrons. The lowest BCUT2D eigenvalue weighted by Gasteiger charge is -2.60. The highest BCUT2D eigenvalue weighted by Crippen LogP contribution is 2.68. The van der Waals surface area contributed by atoms with Crippen molar-refractivity contribution < 1.29 is 29.6 Å². The largest absolute Gasteiger partial charge is 0.399 e. The van der Waals surface area contributed by atoms with E-state index in [0.717, 1.165) is 36.8 Å². The lowest BCUT2D eigenvalue weighted by Crippen LogP contribution is -2.62. The van der Waals surface area contributed by atoms with Gasteiger partial charge in [-0.05, 0) is 98.8 Å². The van der Waals surface area contributed by atoms with Crippen molar-refractivity contribution in [2.45, 2.75) is 82.3 Å². The molecule has 4 saturated carbocycles. The number of ether oxygens (including phenoxy) is 1. The van der Waals surface area contributed by atoms with Crippen molar-refractivity contribution in [3.8, 4) is 0 Å². The Morgan fingerprint density at radius 3 is 2.56 bits per heavy atom. The summed E-state index contributed by atoms with van der Waals surface area (Å²) in [6.45, 7) is 3.37. The molecule has 0 aliphatic heterocycles. The summed E-state index contributed by atoms with van der Waals surface area (Å²) in [5, 5.41) is 36.9. The minimum absolute atomic E-state index is 0.0148. The second-order valence-corrected chi connectivity index (χ2v) is 14.4. The highest BCUT2D eigenvalue weighted by molar-refractivity contribution is 6.01. The van der Waals surface area contributed by atoms with Crippen molar-refractivity contribution in [1.29, 1.82) is 0 Å². The van der Waals surface area contributed by atoms with E-state index in [1.165, 1.54) is 0 Å². The number of nitrogens with two attached hydrogens (primary N) is 1. The number of rotatable bonds is 8. The number of ketones is 2. The molecule has 1 heterocycles. The van der Waals surface area contributed by atoms with Crippen LogP contribution in [0.2, 0.25) is 0 Å². The third-order valence-corrected chi connectivity index (χ3v) is 12.2. The van der Waals surface area contributed by atoms with Crippen molar-refractivity contribution >= 4 is 23.1 Å². The molecule has 1 aromatic heterocycles. The number of fused-ring (bicyclic) bond motifs is 5. The number of nitrogens with one attached hydrogen (secondary N) is 1. The predicted molar refractivity (Wildman–Crippen MR) is 169 cm³/mol. The van der Waals surface area contributed by atoms with Crippen molar-refractivity contribution in [3.05, 3.63) is 77.5 Å². The molecule has 0 amide bonds. The first-order valence-electron chi connectivity index (χ1n) is 16.2. The third kappa shape index (κ3) is 4.61. The lowest BCUT2D eigenvalue weighted by molar-refractivity contribution is -0.243. The number of aliphatic hydroxyl groups is 3. The number of nitrogen functional groups attached to an aromatic ring is 1. The molecule has 5 aliphatic rings. The average Bonchev–Trinajstić information content (AvgIpc) is 3.74. The number of carbonyl (C=O) groups excluding carboxylic acids is 2. The third-order valence-electron chi connectivity index (χ3n) is 12.2. The summed E-state index contributed by atoms with van der Waals surface area (Å²) in [4.78, 5) is 30.4. The molecule has 0 spiro atoms. The maximum atomic E-state index is 13.7. The zero-order valence-corrected chi connectivity index (χ0v) is 25.9. The molecule has 6 N–H and O–H groups in total. The van der Waals surface area contributed by atoms with Crippen LogP contribution in [0.5, 0.6) is 0 Å². The number of hydrogen-bond donors (Lipinski definition) is 5. The maximum Gasteiger partial charge on any atom is 0.190 e. The second kappa shape index (κ2) is 10.6. The van der Waals surface area contributed by atoms with Crippen LogP contribution in [-0.4, -0.2) is 50.2 Å². The Bertz CT molecular complexity index is 1570. The molecule has 9 heteroatoms. The molecule has 0 bridgehead atoms. The fourth-order valence-electron chi connectivity index (χ4n) is 9.70. The van der Waals surface area contributed by atoms with Gasteiger partial charge in [-0.15, -0.1) is 0 Å². The van der Waals surface area contributed by atoms with Gasteiger partial charge in [0.05, 0.1) is 11.6 Å². The summed E-state index contributed by atoms with van der Waals surface area (Å²) >= 11 is 0. The molecule has 9 nitrogen and oxygen atoms in total. The fourth-order valence-corrected chi connectivity index (χ4v) is 9.70. The Kier molecular flexibility index (Phi) is 7.13. The Balaban J connectivity index is 1.13. The number of aromatic nitrogens is 1. The van der Waals surface area contributed by atoms with Gasteiger partial charge >= 0.3 is 0 Å². The second-order valence-electron chi connectivity index (χ2n) is 14.4. The van der Waals surface area contributed by atoms with Gasteiger partial charge in [0.25, 0.3) is 0 Å². The number of benzene rings is 1. The van der Waals surface area contributed by atoms with Crippen LogP contribution >= 0.6 is 0 Å². The zero-order valence-electron chi connectivity index (χ0n) is 25.9. The number of hydrogen-bond acceptors (Lipinski definition) is 9. The van der Waals surface area contributed by atoms with Gasteiger partial charge in [-0.1, -0.05) is 37.6 Å². The van der Waals surface area contributed by atoms with E-state index in [-0.39, 0.29) is 35.5 Å². The molecule has 8 atom stereocenters. The molecule has 2 aromatic rings. The van der Waals surface area contributed by atoms with Gasteiger partial charge in [0.15, 0.2) is 17.9 Å². The molecular formula is C36H43N3O6. The molecule has 45 heavy (non-hydrogen) atoms. The van der Waals surface area contributed by atoms with Gasteiger partial charge in [-0.3, -0.25) is 9.59 Å². The van der Waals surface area contributed by atoms with Crippen LogP contribution in [-0.2, 0) is 19.9 Å². The summed E-state index contributed by atoms with van der Waals surface area (Å²) < 4.78 is 6.41. The van der Waals surface area contributed by atoms with Crippen LogP contribution in [0.25, 0.3) is 0 Å². The van der Waals surface area contributed by atoms with E-state index in [4.69, 9.17) is 10.5 Å². The van der Waals surface area contributed by atoms with Gasteiger partial charge in [-0.25, -0.2) is 4.98 Å². The van der Waals surface area contributed by atoms with E-state index in [1.807, 2.05) is 37.3 Å². The molecule has 4 fully saturated rings. The van der Waals surface area contributed by atoms with Crippen LogP contribution in [0.15, 0.2) is 66.4 Å². The smallest absolute Gasteiger partial charge is 0.190 e. The number of anilines is 2. The van der Waals surface area contributed by atoms with Crippen molar-refractivity contribution in [3.63, 3.8) is 0 Å². The molecular weight excluding hydrogens is 570 g/mol. The Labute approximate surface area is 263 Å². The summed E-state index contributed by atoms with van der Waals surface area (Å²) in [5.41, 5.74) is 6.27. The molecule has 7 rings (SSSR count). The van der Waals surface area contributed by atoms with Gasteiger partial charge in [0.2, 0.25) is 0 Å². The predicted octanol–water partition coefficient (Wildman–Crippen LogP) is 4.35. The van der Waals surface area contributed by atoms with E-state index in [0.29, 0.717) is 29.9 Å². The van der Waals surface area contributed by atoms with Crippen LogP contribution in [0, 0.1) is 28.6 Å². The molecule has 1 aromatic carbocycles.